The van der Waals surface area contributed by atoms with Crippen LogP contribution in [0.2, 0.25) is 0 Å². The summed E-state index contributed by atoms with van der Waals surface area (Å²) in [4.78, 5) is 10.3. The van der Waals surface area contributed by atoms with E-state index in [9.17, 15) is 0 Å². The van der Waals surface area contributed by atoms with Crippen LogP contribution in [0.1, 0.15) is 43.2 Å². The van der Waals surface area contributed by atoms with Crippen molar-refractivity contribution in [2.24, 2.45) is 23.7 Å². The van der Waals surface area contributed by atoms with Crippen molar-refractivity contribution in [1.82, 2.24) is 14.5 Å². The summed E-state index contributed by atoms with van der Waals surface area (Å²) >= 11 is 0. The molecule has 0 saturated heterocycles. The molecule has 0 atom stereocenters. The van der Waals surface area contributed by atoms with Gasteiger partial charge in [-0.1, -0.05) is 152 Å². The number of fused-ring (bicyclic) bond motifs is 5. The summed E-state index contributed by atoms with van der Waals surface area (Å²) in [5, 5.41) is 7.73. The average Bonchev–Trinajstić information content (AvgIpc) is 3.66. The van der Waals surface area contributed by atoms with Crippen molar-refractivity contribution in [3.05, 3.63) is 199 Å². The lowest BCUT2D eigenvalue weighted by molar-refractivity contribution is -0.0417. The van der Waals surface area contributed by atoms with Crippen molar-refractivity contribution >= 4 is 43.4 Å². The van der Waals surface area contributed by atoms with E-state index in [1.54, 1.807) is 0 Å². The number of nitrogens with zero attached hydrogens (tertiary/aromatic N) is 3. The highest BCUT2D eigenvalue weighted by molar-refractivity contribution is 6.09. The largest absolute Gasteiger partial charge is 0.309 e. The normalized spacial score (nSPS) is 21.8. The molecule has 3 heteroatoms. The highest BCUT2D eigenvalue weighted by Gasteiger charge is 2.58. The van der Waals surface area contributed by atoms with E-state index in [1.165, 1.54) is 92.3 Å². The van der Waals surface area contributed by atoms with Crippen LogP contribution in [0.25, 0.3) is 82.9 Å². The van der Waals surface area contributed by atoms with Crippen LogP contribution in [0.3, 0.4) is 0 Å². The zero-order chi connectivity index (χ0) is 40.1. The molecular formula is C58H45N3. The zero-order valence-electron chi connectivity index (χ0n) is 34.1. The lowest BCUT2D eigenvalue weighted by atomic mass is 9.42. The lowest BCUT2D eigenvalue weighted by Crippen LogP contribution is -2.56. The van der Waals surface area contributed by atoms with E-state index in [0.29, 0.717) is 11.8 Å². The fourth-order valence-corrected chi connectivity index (χ4v) is 12.6. The maximum atomic E-state index is 5.16. The standard InChI is InChI=1S/C58H45N3/c1-3-11-39(12-4-1)53-36-54(40-13-5-2-6-14-40)60-57(59-53)45-20-19-42-33-46(24-21-41(42)32-45)58(48-28-37-27-38(30-48)31-49(58)29-37)47-25-22-44-35-50(26-23-43(44)34-47)61-55-17-9-7-15-51(55)52-16-8-10-18-56(52)61/h1-26,32-38,48-49H,27-31H2. The van der Waals surface area contributed by atoms with Crippen LogP contribution >= 0.6 is 0 Å². The fourth-order valence-electron chi connectivity index (χ4n) is 12.6. The Kier molecular flexibility index (Phi) is 7.79. The molecule has 4 saturated carbocycles. The molecule has 2 heterocycles. The summed E-state index contributed by atoms with van der Waals surface area (Å²) in [5.41, 5.74) is 11.8. The number of benzene rings is 8. The first-order chi connectivity index (χ1) is 30.2. The molecular weight excluding hydrogens is 739 g/mol. The molecule has 0 unspecified atom stereocenters. The Morgan fingerprint density at radius 2 is 0.869 bits per heavy atom. The van der Waals surface area contributed by atoms with Crippen LogP contribution in [0.4, 0.5) is 0 Å². The molecule has 0 spiro atoms. The third kappa shape index (κ3) is 5.49. The first-order valence-corrected chi connectivity index (χ1v) is 22.2. The number of hydrogen-bond acceptors (Lipinski definition) is 2. The minimum atomic E-state index is -0.00230. The van der Waals surface area contributed by atoms with Gasteiger partial charge < -0.3 is 4.57 Å². The van der Waals surface area contributed by atoms with Crippen molar-refractivity contribution in [3.8, 4) is 39.6 Å². The minimum Gasteiger partial charge on any atom is -0.309 e. The van der Waals surface area contributed by atoms with Crippen LogP contribution in [-0.4, -0.2) is 14.5 Å². The van der Waals surface area contributed by atoms with Crippen molar-refractivity contribution in [2.75, 3.05) is 0 Å². The fraction of sp³-hybridized carbons (Fsp3) is 0.172. The summed E-state index contributed by atoms with van der Waals surface area (Å²) in [6.07, 6.45) is 6.80. The Balaban J connectivity index is 0.918. The highest BCUT2D eigenvalue weighted by Crippen LogP contribution is 2.65. The van der Waals surface area contributed by atoms with Gasteiger partial charge in [0.25, 0.3) is 0 Å². The van der Waals surface area contributed by atoms with Gasteiger partial charge in [-0.05, 0) is 125 Å². The number of para-hydroxylation sites is 2. The molecule has 0 aliphatic heterocycles. The Morgan fingerprint density at radius 3 is 1.44 bits per heavy atom. The number of rotatable bonds is 6. The van der Waals surface area contributed by atoms with E-state index in [-0.39, 0.29) is 5.41 Å². The smallest absolute Gasteiger partial charge is 0.160 e. The molecule has 3 nitrogen and oxygen atoms in total. The summed E-state index contributed by atoms with van der Waals surface area (Å²) in [6.45, 7) is 0. The molecule has 292 valence electrons. The van der Waals surface area contributed by atoms with E-state index in [2.05, 4.69) is 193 Å². The van der Waals surface area contributed by atoms with Gasteiger partial charge in [0.05, 0.1) is 22.4 Å². The molecule has 0 N–H and O–H groups in total. The van der Waals surface area contributed by atoms with Crippen LogP contribution in [0.15, 0.2) is 188 Å². The summed E-state index contributed by atoms with van der Waals surface area (Å²) in [6, 6.07) is 69.5. The first kappa shape index (κ1) is 35.0. The van der Waals surface area contributed by atoms with Gasteiger partial charge in [-0.15, -0.1) is 0 Å². The van der Waals surface area contributed by atoms with Crippen molar-refractivity contribution < 1.29 is 0 Å². The Bertz CT molecular complexity index is 3190. The number of hydrogen-bond donors (Lipinski definition) is 0. The molecule has 4 aliphatic rings. The second kappa shape index (κ2) is 13.6. The molecule has 4 fully saturated rings. The zero-order valence-corrected chi connectivity index (χ0v) is 34.1. The molecule has 10 aromatic rings. The van der Waals surface area contributed by atoms with Crippen molar-refractivity contribution in [1.29, 1.82) is 0 Å². The van der Waals surface area contributed by atoms with Crippen LogP contribution in [-0.2, 0) is 5.41 Å². The van der Waals surface area contributed by atoms with Crippen LogP contribution in [0, 0.1) is 23.7 Å². The predicted molar refractivity (Wildman–Crippen MR) is 252 cm³/mol. The van der Waals surface area contributed by atoms with Gasteiger partial charge in [-0.25, -0.2) is 9.97 Å². The number of aromatic nitrogens is 3. The van der Waals surface area contributed by atoms with Gasteiger partial charge >= 0.3 is 0 Å². The van der Waals surface area contributed by atoms with Gasteiger partial charge in [0.15, 0.2) is 5.82 Å². The Labute approximate surface area is 356 Å². The monoisotopic (exact) mass is 783 g/mol. The van der Waals surface area contributed by atoms with E-state index < -0.39 is 0 Å². The maximum Gasteiger partial charge on any atom is 0.160 e. The van der Waals surface area contributed by atoms with Gasteiger partial charge in [-0.2, -0.15) is 0 Å². The minimum absolute atomic E-state index is 0.00230. The van der Waals surface area contributed by atoms with Gasteiger partial charge in [0, 0.05) is 38.6 Å². The molecule has 4 bridgehead atoms. The molecule has 8 aromatic carbocycles. The molecule has 0 radical (unpaired) electrons. The Morgan fingerprint density at radius 1 is 0.393 bits per heavy atom. The summed E-state index contributed by atoms with van der Waals surface area (Å²) in [5.74, 6) is 3.81. The van der Waals surface area contributed by atoms with E-state index in [0.717, 1.165) is 45.7 Å². The third-order valence-corrected chi connectivity index (χ3v) is 15.0. The average molecular weight is 784 g/mol. The molecule has 4 aliphatic carbocycles. The van der Waals surface area contributed by atoms with Crippen LogP contribution < -0.4 is 0 Å². The van der Waals surface area contributed by atoms with Crippen LogP contribution in [0.5, 0.6) is 0 Å². The highest BCUT2D eigenvalue weighted by atomic mass is 15.0. The van der Waals surface area contributed by atoms with E-state index in [1.807, 2.05) is 0 Å². The molecule has 14 rings (SSSR count). The third-order valence-electron chi connectivity index (χ3n) is 15.0. The maximum absolute atomic E-state index is 5.16. The van der Waals surface area contributed by atoms with E-state index >= 15 is 0 Å². The first-order valence-electron chi connectivity index (χ1n) is 22.2. The second-order valence-electron chi connectivity index (χ2n) is 18.3. The molecule has 61 heavy (non-hydrogen) atoms. The van der Waals surface area contributed by atoms with Crippen molar-refractivity contribution in [3.63, 3.8) is 0 Å². The predicted octanol–water partition coefficient (Wildman–Crippen LogP) is 14.6. The quantitative estimate of drug-likeness (QED) is 0.168. The topological polar surface area (TPSA) is 30.7 Å². The van der Waals surface area contributed by atoms with Crippen molar-refractivity contribution in [2.45, 2.75) is 37.5 Å². The lowest BCUT2D eigenvalue weighted by Gasteiger charge is -2.62. The van der Waals surface area contributed by atoms with Gasteiger partial charge in [0.2, 0.25) is 0 Å². The second-order valence-corrected chi connectivity index (χ2v) is 18.3. The summed E-state index contributed by atoms with van der Waals surface area (Å²) in [7, 11) is 0. The van der Waals surface area contributed by atoms with Gasteiger partial charge in [-0.3, -0.25) is 0 Å². The van der Waals surface area contributed by atoms with Gasteiger partial charge in [0.1, 0.15) is 0 Å². The van der Waals surface area contributed by atoms with E-state index in [4.69, 9.17) is 9.97 Å². The SMILES string of the molecule is c1ccc(-c2cc(-c3ccccc3)nc(-c3ccc4cc(C5(c6ccc7cc(-n8c9ccccc9c9ccccc98)ccc7c6)C6CC7CC(C6)CC5C7)ccc4c3)n2)cc1. The molecule has 2 aromatic heterocycles. The Hall–Kier alpha value is -6.84. The summed E-state index contributed by atoms with van der Waals surface area (Å²) < 4.78 is 2.44. The molecule has 0 amide bonds.